The molecule has 0 radical (unpaired) electrons. The molecular formula is C25H27FN6O2. The Morgan fingerprint density at radius 2 is 1.82 bits per heavy atom. The van der Waals surface area contributed by atoms with Crippen molar-refractivity contribution in [2.45, 2.75) is 40.5 Å². The molecule has 0 saturated heterocycles. The molecule has 4 rings (SSSR count). The molecule has 1 aromatic carbocycles. The highest BCUT2D eigenvalue weighted by Crippen LogP contribution is 2.28. The fourth-order valence-electron chi connectivity index (χ4n) is 4.24. The Morgan fingerprint density at radius 3 is 2.50 bits per heavy atom. The van der Waals surface area contributed by atoms with Crippen molar-refractivity contribution in [3.05, 3.63) is 76.4 Å². The predicted octanol–water partition coefficient (Wildman–Crippen LogP) is 4.15. The molecule has 3 aromatic heterocycles. The van der Waals surface area contributed by atoms with Gasteiger partial charge in [-0.05, 0) is 51.5 Å². The lowest BCUT2D eigenvalue weighted by Crippen LogP contribution is -2.09. The van der Waals surface area contributed by atoms with E-state index in [9.17, 15) is 9.18 Å². The van der Waals surface area contributed by atoms with Crippen LogP contribution in [0.3, 0.4) is 0 Å². The van der Waals surface area contributed by atoms with Gasteiger partial charge >= 0.3 is 5.97 Å². The summed E-state index contributed by atoms with van der Waals surface area (Å²) in [6, 6.07) is 8.29. The molecule has 34 heavy (non-hydrogen) atoms. The van der Waals surface area contributed by atoms with Gasteiger partial charge in [-0.1, -0.05) is 6.92 Å². The third-order valence-electron chi connectivity index (χ3n) is 5.75. The van der Waals surface area contributed by atoms with Crippen LogP contribution in [0.4, 0.5) is 4.39 Å². The van der Waals surface area contributed by atoms with E-state index in [0.717, 1.165) is 34.6 Å². The number of rotatable bonds is 7. The summed E-state index contributed by atoms with van der Waals surface area (Å²) in [6.45, 7) is 7.73. The summed E-state index contributed by atoms with van der Waals surface area (Å²) >= 11 is 0. The van der Waals surface area contributed by atoms with Crippen LogP contribution in [-0.4, -0.2) is 42.1 Å². The molecule has 0 amide bonds. The maximum Gasteiger partial charge on any atom is 0.341 e. The molecule has 9 heteroatoms. The van der Waals surface area contributed by atoms with E-state index in [4.69, 9.17) is 9.84 Å². The van der Waals surface area contributed by atoms with Crippen molar-refractivity contribution < 1.29 is 13.9 Å². The number of carbonyl (C=O) groups excluding carboxylic acids is 1. The number of carbonyl (C=O) groups is 1. The van der Waals surface area contributed by atoms with E-state index in [1.807, 2.05) is 24.7 Å². The molecule has 0 fully saturated rings. The van der Waals surface area contributed by atoms with Crippen molar-refractivity contribution >= 4 is 5.97 Å². The number of ether oxygens (including phenoxy) is 1. The monoisotopic (exact) mass is 462 g/mol. The number of hydrogen-bond acceptors (Lipinski definition) is 6. The van der Waals surface area contributed by atoms with Gasteiger partial charge in [0.25, 0.3) is 0 Å². The summed E-state index contributed by atoms with van der Waals surface area (Å²) in [7, 11) is 1.89. The second-order valence-corrected chi connectivity index (χ2v) is 7.98. The Labute approximate surface area is 197 Å². The highest BCUT2D eigenvalue weighted by atomic mass is 19.1. The summed E-state index contributed by atoms with van der Waals surface area (Å²) in [4.78, 5) is 21.1. The van der Waals surface area contributed by atoms with Crippen molar-refractivity contribution in [2.24, 2.45) is 7.05 Å². The van der Waals surface area contributed by atoms with Crippen LogP contribution < -0.4 is 0 Å². The number of nitrogens with zero attached hydrogens (tertiary/aromatic N) is 6. The zero-order chi connectivity index (χ0) is 24.4. The normalized spacial score (nSPS) is 11.1. The number of aromatic nitrogens is 6. The van der Waals surface area contributed by atoms with Crippen LogP contribution >= 0.6 is 0 Å². The molecule has 4 aromatic rings. The van der Waals surface area contributed by atoms with Crippen molar-refractivity contribution in [2.75, 3.05) is 6.61 Å². The number of benzene rings is 1. The van der Waals surface area contributed by atoms with Crippen molar-refractivity contribution in [1.82, 2.24) is 29.5 Å². The lowest BCUT2D eigenvalue weighted by atomic mass is 10.0. The third-order valence-corrected chi connectivity index (χ3v) is 5.75. The molecular weight excluding hydrogens is 435 g/mol. The Morgan fingerprint density at radius 1 is 1.09 bits per heavy atom. The van der Waals surface area contributed by atoms with E-state index in [1.54, 1.807) is 30.7 Å². The van der Waals surface area contributed by atoms with Crippen LogP contribution in [0.15, 0.2) is 36.7 Å². The van der Waals surface area contributed by atoms with Gasteiger partial charge in [-0.15, -0.1) is 0 Å². The lowest BCUT2D eigenvalue weighted by molar-refractivity contribution is 0.0524. The largest absolute Gasteiger partial charge is 0.462 e. The van der Waals surface area contributed by atoms with Crippen LogP contribution in [0, 0.1) is 19.7 Å². The average molecular weight is 463 g/mol. The van der Waals surface area contributed by atoms with E-state index in [-0.39, 0.29) is 5.82 Å². The Kier molecular flexibility index (Phi) is 6.54. The van der Waals surface area contributed by atoms with Gasteiger partial charge in [0, 0.05) is 30.7 Å². The first kappa shape index (κ1) is 23.3. The summed E-state index contributed by atoms with van der Waals surface area (Å²) in [5, 5.41) is 9.24. The zero-order valence-electron chi connectivity index (χ0n) is 20.0. The molecule has 0 saturated carbocycles. The molecule has 0 N–H and O–H groups in total. The SMILES string of the molecule is CCOC(=O)c1c(C)nn(-c2cc(Cc3nn(C)c(-c4ccc(F)cc4)c3CC)ncn2)c1C. The minimum Gasteiger partial charge on any atom is -0.462 e. The molecule has 0 aliphatic rings. The highest BCUT2D eigenvalue weighted by molar-refractivity contribution is 5.92. The molecule has 0 bridgehead atoms. The Balaban J connectivity index is 1.68. The van der Waals surface area contributed by atoms with Gasteiger partial charge in [0.05, 0.1) is 35.1 Å². The minimum atomic E-state index is -0.396. The van der Waals surface area contributed by atoms with E-state index in [2.05, 4.69) is 22.0 Å². The Bertz CT molecular complexity index is 1340. The molecule has 3 heterocycles. The zero-order valence-corrected chi connectivity index (χ0v) is 20.0. The second-order valence-electron chi connectivity index (χ2n) is 7.98. The van der Waals surface area contributed by atoms with Gasteiger partial charge in [0.1, 0.15) is 17.7 Å². The van der Waals surface area contributed by atoms with E-state index in [0.29, 0.717) is 35.8 Å². The van der Waals surface area contributed by atoms with E-state index in [1.165, 1.54) is 18.5 Å². The predicted molar refractivity (Wildman–Crippen MR) is 125 cm³/mol. The van der Waals surface area contributed by atoms with Crippen LogP contribution in [0.2, 0.25) is 0 Å². The first-order valence-electron chi connectivity index (χ1n) is 11.2. The third kappa shape index (κ3) is 4.33. The summed E-state index contributed by atoms with van der Waals surface area (Å²) in [6.07, 6.45) is 2.76. The first-order valence-corrected chi connectivity index (χ1v) is 11.2. The fourth-order valence-corrected chi connectivity index (χ4v) is 4.24. The van der Waals surface area contributed by atoms with Gasteiger partial charge in [0.2, 0.25) is 0 Å². The maximum atomic E-state index is 13.4. The van der Waals surface area contributed by atoms with Crippen LogP contribution in [-0.2, 0) is 24.6 Å². The maximum absolute atomic E-state index is 13.4. The number of halogens is 1. The fraction of sp³-hybridized carbons (Fsp3) is 0.320. The number of esters is 1. The van der Waals surface area contributed by atoms with Crippen LogP contribution in [0.25, 0.3) is 17.1 Å². The summed E-state index contributed by atoms with van der Waals surface area (Å²) in [5.41, 5.74) is 6.32. The number of hydrogen-bond donors (Lipinski definition) is 0. The molecule has 0 unspecified atom stereocenters. The van der Waals surface area contributed by atoms with Crippen molar-refractivity contribution in [1.29, 1.82) is 0 Å². The molecule has 0 aliphatic heterocycles. The van der Waals surface area contributed by atoms with Gasteiger partial charge < -0.3 is 4.74 Å². The van der Waals surface area contributed by atoms with Crippen LogP contribution in [0.5, 0.6) is 0 Å². The molecule has 8 nitrogen and oxygen atoms in total. The standard InChI is InChI=1S/C25H27FN6O2/c1-6-20-21(30-31(5)24(20)17-8-10-18(26)11-9-17)12-19-13-22(28-14-27-19)32-16(4)23(15(3)29-32)25(33)34-7-2/h8-11,13-14H,6-7,12H2,1-5H3. The first-order chi connectivity index (χ1) is 16.3. The van der Waals surface area contributed by atoms with Gasteiger partial charge in [0.15, 0.2) is 5.82 Å². The minimum absolute atomic E-state index is 0.270. The molecule has 0 atom stereocenters. The number of aryl methyl sites for hydroxylation is 2. The average Bonchev–Trinajstić information content (AvgIpc) is 3.29. The van der Waals surface area contributed by atoms with Crippen molar-refractivity contribution in [3.8, 4) is 17.1 Å². The second kappa shape index (κ2) is 9.54. The molecule has 0 aliphatic carbocycles. The summed E-state index contributed by atoms with van der Waals surface area (Å²) in [5.74, 6) is -0.103. The quantitative estimate of drug-likeness (QED) is 0.384. The van der Waals surface area contributed by atoms with Gasteiger partial charge in [-0.25, -0.2) is 23.8 Å². The van der Waals surface area contributed by atoms with E-state index >= 15 is 0 Å². The van der Waals surface area contributed by atoms with Crippen molar-refractivity contribution in [3.63, 3.8) is 0 Å². The lowest BCUT2D eigenvalue weighted by Gasteiger charge is -2.07. The smallest absolute Gasteiger partial charge is 0.341 e. The summed E-state index contributed by atoms with van der Waals surface area (Å²) < 4.78 is 22.1. The molecule has 176 valence electrons. The molecule has 0 spiro atoms. The Hall–Kier alpha value is -3.88. The van der Waals surface area contributed by atoms with E-state index < -0.39 is 5.97 Å². The highest BCUT2D eigenvalue weighted by Gasteiger charge is 2.22. The van der Waals surface area contributed by atoms with Crippen LogP contribution in [0.1, 0.15) is 52.5 Å². The van der Waals surface area contributed by atoms with Gasteiger partial charge in [-0.2, -0.15) is 10.2 Å². The van der Waals surface area contributed by atoms with Gasteiger partial charge in [-0.3, -0.25) is 4.68 Å². The topological polar surface area (TPSA) is 87.7 Å².